The van der Waals surface area contributed by atoms with Crippen LogP contribution in [0, 0.1) is 11.8 Å². The Morgan fingerprint density at radius 3 is 1.93 bits per heavy atom. The van der Waals surface area contributed by atoms with Crippen molar-refractivity contribution in [1.29, 1.82) is 0 Å². The standard InChI is InChI=1S/C12H23FO2/c1-7-12(6,13)11(14)15-10(8(2)3)9(4)5/h8-10H,7H2,1-6H3. The van der Waals surface area contributed by atoms with E-state index in [0.717, 1.165) is 0 Å². The first-order chi connectivity index (χ1) is 6.72. The number of rotatable bonds is 5. The summed E-state index contributed by atoms with van der Waals surface area (Å²) in [6, 6.07) is 0. The molecule has 0 bridgehead atoms. The van der Waals surface area contributed by atoms with Crippen LogP contribution in [-0.2, 0) is 9.53 Å². The largest absolute Gasteiger partial charge is 0.459 e. The summed E-state index contributed by atoms with van der Waals surface area (Å²) in [5.74, 6) is -0.319. The van der Waals surface area contributed by atoms with Gasteiger partial charge < -0.3 is 4.74 Å². The quantitative estimate of drug-likeness (QED) is 0.661. The lowest BCUT2D eigenvalue weighted by Gasteiger charge is -2.28. The van der Waals surface area contributed by atoms with E-state index in [1.807, 2.05) is 27.7 Å². The fraction of sp³-hybridized carbons (Fsp3) is 0.917. The monoisotopic (exact) mass is 218 g/mol. The lowest BCUT2D eigenvalue weighted by Crippen LogP contribution is -2.38. The molecule has 0 aliphatic rings. The van der Waals surface area contributed by atoms with Crippen molar-refractivity contribution >= 4 is 5.97 Å². The van der Waals surface area contributed by atoms with E-state index in [0.29, 0.717) is 0 Å². The summed E-state index contributed by atoms with van der Waals surface area (Å²) in [6.45, 7) is 10.8. The Bertz CT molecular complexity index is 202. The van der Waals surface area contributed by atoms with Gasteiger partial charge in [-0.1, -0.05) is 34.6 Å². The summed E-state index contributed by atoms with van der Waals surface area (Å²) in [6.07, 6.45) is -0.0616. The Morgan fingerprint density at radius 2 is 1.67 bits per heavy atom. The van der Waals surface area contributed by atoms with Crippen molar-refractivity contribution in [3.05, 3.63) is 0 Å². The van der Waals surface area contributed by atoms with Crippen molar-refractivity contribution in [2.75, 3.05) is 0 Å². The molecule has 0 rings (SSSR count). The lowest BCUT2D eigenvalue weighted by atomic mass is 9.96. The molecule has 0 radical (unpaired) electrons. The summed E-state index contributed by atoms with van der Waals surface area (Å²) in [5, 5.41) is 0. The minimum atomic E-state index is -1.86. The maximum absolute atomic E-state index is 13.6. The molecule has 15 heavy (non-hydrogen) atoms. The summed E-state index contributed by atoms with van der Waals surface area (Å²) in [4.78, 5) is 11.5. The van der Waals surface area contributed by atoms with Gasteiger partial charge in [-0.25, -0.2) is 9.18 Å². The summed E-state index contributed by atoms with van der Waals surface area (Å²) < 4.78 is 18.8. The molecular weight excluding hydrogens is 195 g/mol. The highest BCUT2D eigenvalue weighted by Crippen LogP contribution is 2.22. The number of carbonyl (C=O) groups excluding carboxylic acids is 1. The van der Waals surface area contributed by atoms with Gasteiger partial charge in [0.05, 0.1) is 0 Å². The molecule has 0 fully saturated rings. The van der Waals surface area contributed by atoms with Crippen LogP contribution >= 0.6 is 0 Å². The molecule has 0 aliphatic carbocycles. The van der Waals surface area contributed by atoms with Crippen LogP contribution in [0.2, 0.25) is 0 Å². The molecule has 3 heteroatoms. The van der Waals surface area contributed by atoms with Gasteiger partial charge in [-0.15, -0.1) is 0 Å². The van der Waals surface area contributed by atoms with Crippen molar-refractivity contribution in [1.82, 2.24) is 0 Å². The van der Waals surface area contributed by atoms with Gasteiger partial charge in [0, 0.05) is 0 Å². The van der Waals surface area contributed by atoms with Crippen LogP contribution in [0.1, 0.15) is 48.0 Å². The molecule has 0 amide bonds. The van der Waals surface area contributed by atoms with Crippen molar-refractivity contribution in [2.24, 2.45) is 11.8 Å². The maximum atomic E-state index is 13.6. The van der Waals surface area contributed by atoms with Gasteiger partial charge in [-0.3, -0.25) is 0 Å². The second-order valence-corrected chi connectivity index (χ2v) is 4.91. The number of halogens is 1. The van der Waals surface area contributed by atoms with Gasteiger partial charge in [0.1, 0.15) is 6.10 Å². The second-order valence-electron chi connectivity index (χ2n) is 4.91. The molecule has 0 N–H and O–H groups in total. The van der Waals surface area contributed by atoms with E-state index >= 15 is 0 Å². The number of hydrogen-bond donors (Lipinski definition) is 0. The van der Waals surface area contributed by atoms with E-state index in [-0.39, 0.29) is 24.4 Å². The Kier molecular flexibility index (Phi) is 5.26. The minimum absolute atomic E-state index is 0.148. The molecule has 0 aromatic rings. The zero-order valence-corrected chi connectivity index (χ0v) is 10.6. The van der Waals surface area contributed by atoms with Crippen molar-refractivity contribution < 1.29 is 13.9 Å². The third kappa shape index (κ3) is 4.18. The van der Waals surface area contributed by atoms with Crippen LogP contribution in [0.25, 0.3) is 0 Å². The first-order valence-electron chi connectivity index (χ1n) is 5.62. The van der Waals surface area contributed by atoms with Crippen molar-refractivity contribution in [3.63, 3.8) is 0 Å². The Labute approximate surface area is 92.2 Å². The average Bonchev–Trinajstić information content (AvgIpc) is 2.12. The molecule has 0 spiro atoms. The number of hydrogen-bond acceptors (Lipinski definition) is 2. The van der Waals surface area contributed by atoms with Crippen molar-refractivity contribution in [2.45, 2.75) is 59.7 Å². The van der Waals surface area contributed by atoms with E-state index in [2.05, 4.69) is 0 Å². The zero-order chi connectivity index (χ0) is 12.2. The number of esters is 1. The van der Waals surface area contributed by atoms with E-state index in [4.69, 9.17) is 4.74 Å². The predicted molar refractivity (Wildman–Crippen MR) is 59.4 cm³/mol. The Hall–Kier alpha value is -0.600. The SMILES string of the molecule is CCC(C)(F)C(=O)OC(C(C)C)C(C)C. The van der Waals surface area contributed by atoms with E-state index in [9.17, 15) is 9.18 Å². The first-order valence-corrected chi connectivity index (χ1v) is 5.62. The van der Waals surface area contributed by atoms with Gasteiger partial charge in [0.2, 0.25) is 5.67 Å². The highest BCUT2D eigenvalue weighted by molar-refractivity contribution is 5.78. The first kappa shape index (κ1) is 14.4. The molecule has 0 aliphatic heterocycles. The molecule has 1 unspecified atom stereocenters. The molecule has 0 aromatic heterocycles. The van der Waals surface area contributed by atoms with E-state index < -0.39 is 11.6 Å². The lowest BCUT2D eigenvalue weighted by molar-refractivity contribution is -0.167. The number of ether oxygens (including phenoxy) is 1. The third-order valence-electron chi connectivity index (χ3n) is 2.65. The zero-order valence-electron chi connectivity index (χ0n) is 10.6. The second kappa shape index (κ2) is 5.47. The molecule has 90 valence electrons. The highest BCUT2D eigenvalue weighted by Gasteiger charge is 2.35. The molecule has 1 atom stereocenters. The van der Waals surface area contributed by atoms with E-state index in [1.54, 1.807) is 6.92 Å². The van der Waals surface area contributed by atoms with Crippen LogP contribution < -0.4 is 0 Å². The summed E-state index contributed by atoms with van der Waals surface area (Å²) in [7, 11) is 0. The fourth-order valence-corrected chi connectivity index (χ4v) is 1.43. The molecule has 0 heterocycles. The summed E-state index contributed by atoms with van der Waals surface area (Å²) in [5.41, 5.74) is -1.86. The van der Waals surface area contributed by atoms with Crippen LogP contribution in [0.5, 0.6) is 0 Å². The third-order valence-corrected chi connectivity index (χ3v) is 2.65. The number of carbonyl (C=O) groups is 1. The van der Waals surface area contributed by atoms with Gasteiger partial charge in [0.15, 0.2) is 0 Å². The highest BCUT2D eigenvalue weighted by atomic mass is 19.1. The van der Waals surface area contributed by atoms with Gasteiger partial charge in [-0.2, -0.15) is 0 Å². The predicted octanol–water partition coefficient (Wildman–Crippen LogP) is 3.35. The Morgan fingerprint density at radius 1 is 1.27 bits per heavy atom. The van der Waals surface area contributed by atoms with Crippen LogP contribution in [0.3, 0.4) is 0 Å². The minimum Gasteiger partial charge on any atom is -0.459 e. The molecular formula is C12H23FO2. The summed E-state index contributed by atoms with van der Waals surface area (Å²) >= 11 is 0. The van der Waals surface area contributed by atoms with Gasteiger partial charge in [0.25, 0.3) is 0 Å². The van der Waals surface area contributed by atoms with Crippen LogP contribution in [0.15, 0.2) is 0 Å². The topological polar surface area (TPSA) is 26.3 Å². The smallest absolute Gasteiger partial charge is 0.343 e. The van der Waals surface area contributed by atoms with Gasteiger partial charge >= 0.3 is 5.97 Å². The average molecular weight is 218 g/mol. The number of alkyl halides is 1. The van der Waals surface area contributed by atoms with Crippen LogP contribution in [0.4, 0.5) is 4.39 Å². The van der Waals surface area contributed by atoms with Crippen LogP contribution in [-0.4, -0.2) is 17.7 Å². The fourth-order valence-electron chi connectivity index (χ4n) is 1.43. The molecule has 2 nitrogen and oxygen atoms in total. The molecule has 0 saturated heterocycles. The van der Waals surface area contributed by atoms with Gasteiger partial charge in [-0.05, 0) is 25.2 Å². The molecule has 0 aromatic carbocycles. The molecule has 0 saturated carbocycles. The van der Waals surface area contributed by atoms with E-state index in [1.165, 1.54) is 6.92 Å². The normalized spacial score (nSPS) is 15.9. The maximum Gasteiger partial charge on any atom is 0.343 e. The van der Waals surface area contributed by atoms with Crippen molar-refractivity contribution in [3.8, 4) is 0 Å². The Balaban J connectivity index is 4.49.